The fourth-order valence-electron chi connectivity index (χ4n) is 1.34. The van der Waals surface area contributed by atoms with E-state index in [9.17, 15) is 9.59 Å². The molecule has 1 aromatic rings. The molecule has 0 aromatic heterocycles. The summed E-state index contributed by atoms with van der Waals surface area (Å²) in [7, 11) is 0. The maximum atomic E-state index is 11.6. The highest BCUT2D eigenvalue weighted by Gasteiger charge is 2.07. The molecule has 1 N–H and O–H groups in total. The molecule has 0 unspecified atom stereocenters. The van der Waals surface area contributed by atoms with Crippen LogP contribution in [-0.2, 0) is 14.3 Å². The molecular weight excluding hydrogens is 322 g/mol. The van der Waals surface area contributed by atoms with E-state index in [1.54, 1.807) is 24.3 Å². The Morgan fingerprint density at radius 2 is 2.10 bits per heavy atom. The van der Waals surface area contributed by atoms with Gasteiger partial charge in [-0.2, -0.15) is 0 Å². The monoisotopic (exact) mass is 337 g/mol. The molecule has 0 fully saturated rings. The zero-order chi connectivity index (χ0) is 15.0. The Morgan fingerprint density at radius 3 is 2.75 bits per heavy atom. The molecule has 0 radical (unpaired) electrons. The fourth-order valence-corrected chi connectivity index (χ4v) is 1.93. The van der Waals surface area contributed by atoms with E-state index < -0.39 is 5.97 Å². The number of benzene rings is 1. The summed E-state index contributed by atoms with van der Waals surface area (Å²) in [6, 6.07) is 5.55. The van der Waals surface area contributed by atoms with Gasteiger partial charge >= 0.3 is 5.97 Å². The largest absolute Gasteiger partial charge is 0.452 e. The molecule has 0 heterocycles. The molecule has 0 saturated heterocycles. The summed E-state index contributed by atoms with van der Waals surface area (Å²) in [6.45, 7) is 3.47. The first-order valence-corrected chi connectivity index (χ1v) is 6.84. The van der Waals surface area contributed by atoms with Gasteiger partial charge < -0.3 is 10.1 Å². The number of hydrogen-bond acceptors (Lipinski definition) is 3. The molecule has 20 heavy (non-hydrogen) atoms. The van der Waals surface area contributed by atoms with Crippen LogP contribution in [0.15, 0.2) is 47.0 Å². The molecule has 1 aromatic carbocycles. The number of esters is 1. The van der Waals surface area contributed by atoms with Crippen molar-refractivity contribution < 1.29 is 14.3 Å². The van der Waals surface area contributed by atoms with Crippen molar-refractivity contribution in [3.63, 3.8) is 0 Å². The summed E-state index contributed by atoms with van der Waals surface area (Å²) in [4.78, 5) is 22.9. The van der Waals surface area contributed by atoms with Crippen molar-refractivity contribution in [2.24, 2.45) is 0 Å². The maximum Gasteiger partial charge on any atom is 0.331 e. The average Bonchev–Trinajstić information content (AvgIpc) is 2.40. The van der Waals surface area contributed by atoms with Crippen LogP contribution < -0.4 is 5.32 Å². The van der Waals surface area contributed by atoms with Gasteiger partial charge in [0, 0.05) is 10.5 Å². The Hall–Kier alpha value is -1.88. The number of halogens is 1. The molecular formula is C15H16BrNO3. The van der Waals surface area contributed by atoms with E-state index >= 15 is 0 Å². The molecule has 0 aliphatic carbocycles. The minimum Gasteiger partial charge on any atom is -0.452 e. The highest BCUT2D eigenvalue weighted by molar-refractivity contribution is 9.10. The normalized spacial score (nSPS) is 10.9. The predicted octanol–water partition coefficient (Wildman–Crippen LogP) is 3.37. The smallest absolute Gasteiger partial charge is 0.331 e. The second kappa shape index (κ2) is 8.32. The third-order valence-corrected chi connectivity index (χ3v) is 2.94. The predicted molar refractivity (Wildman–Crippen MR) is 82.4 cm³/mol. The number of hydrogen-bond donors (Lipinski definition) is 1. The van der Waals surface area contributed by atoms with Crippen LogP contribution in [0.2, 0.25) is 0 Å². The van der Waals surface area contributed by atoms with Gasteiger partial charge in [0.25, 0.3) is 5.91 Å². The van der Waals surface area contributed by atoms with Gasteiger partial charge in [-0.25, -0.2) is 4.79 Å². The fraction of sp³-hybridized carbons (Fsp3) is 0.200. The third-order valence-electron chi connectivity index (χ3n) is 2.28. The van der Waals surface area contributed by atoms with E-state index in [2.05, 4.69) is 21.2 Å². The molecule has 0 bridgehead atoms. The molecule has 0 atom stereocenters. The van der Waals surface area contributed by atoms with Gasteiger partial charge in [0.2, 0.25) is 0 Å². The number of allylic oxidation sites excluding steroid dienone is 3. The lowest BCUT2D eigenvalue weighted by Gasteiger charge is -2.08. The van der Waals surface area contributed by atoms with Crippen LogP contribution in [0.25, 0.3) is 0 Å². The summed E-state index contributed by atoms with van der Waals surface area (Å²) in [5.74, 6) is -0.941. The van der Waals surface area contributed by atoms with Crippen molar-refractivity contribution in [1.29, 1.82) is 0 Å². The van der Waals surface area contributed by atoms with E-state index in [0.717, 1.165) is 10.0 Å². The topological polar surface area (TPSA) is 55.4 Å². The van der Waals surface area contributed by atoms with Crippen molar-refractivity contribution in [3.05, 3.63) is 52.5 Å². The van der Waals surface area contributed by atoms with Gasteiger partial charge in [-0.05, 0) is 47.5 Å². The van der Waals surface area contributed by atoms with Crippen LogP contribution >= 0.6 is 15.9 Å². The van der Waals surface area contributed by atoms with E-state index in [4.69, 9.17) is 4.74 Å². The van der Waals surface area contributed by atoms with Gasteiger partial charge in [0.15, 0.2) is 6.61 Å². The van der Waals surface area contributed by atoms with Crippen molar-refractivity contribution in [2.75, 3.05) is 11.9 Å². The number of aryl methyl sites for hydroxylation is 1. The third kappa shape index (κ3) is 5.84. The van der Waals surface area contributed by atoms with Crippen molar-refractivity contribution >= 4 is 33.5 Å². The standard InChI is InChI=1S/C15H16BrNO3/c1-3-4-5-6-15(19)20-10-14(18)17-13-8-7-11(2)9-12(13)16/h3-9H,10H2,1-2H3,(H,17,18)/b4-3+,6-5+. The Balaban J connectivity index is 2.46. The summed E-state index contributed by atoms with van der Waals surface area (Å²) >= 11 is 3.36. The minimum atomic E-state index is -0.554. The number of ether oxygens (including phenoxy) is 1. The van der Waals surface area contributed by atoms with Crippen molar-refractivity contribution in [2.45, 2.75) is 13.8 Å². The lowest BCUT2D eigenvalue weighted by Crippen LogP contribution is -2.20. The van der Waals surface area contributed by atoms with Crippen molar-refractivity contribution in [1.82, 2.24) is 0 Å². The van der Waals surface area contributed by atoms with E-state index in [1.165, 1.54) is 6.08 Å². The summed E-state index contributed by atoms with van der Waals surface area (Å²) in [6.07, 6.45) is 6.29. The summed E-state index contributed by atoms with van der Waals surface area (Å²) < 4.78 is 5.58. The van der Waals surface area contributed by atoms with Gasteiger partial charge in [0.1, 0.15) is 0 Å². The van der Waals surface area contributed by atoms with Crippen LogP contribution in [0.1, 0.15) is 12.5 Å². The van der Waals surface area contributed by atoms with Gasteiger partial charge in [0.05, 0.1) is 5.69 Å². The molecule has 4 nitrogen and oxygen atoms in total. The lowest BCUT2D eigenvalue weighted by molar-refractivity contribution is -0.142. The number of carbonyl (C=O) groups excluding carboxylic acids is 2. The number of anilines is 1. The van der Waals surface area contributed by atoms with E-state index in [0.29, 0.717) is 5.69 Å². The molecule has 5 heteroatoms. The maximum absolute atomic E-state index is 11.6. The molecule has 106 valence electrons. The van der Waals surface area contributed by atoms with Gasteiger partial charge in [-0.1, -0.05) is 24.3 Å². The molecule has 0 spiro atoms. The Bertz CT molecular complexity index is 550. The Kier molecular flexibility index (Phi) is 6.73. The summed E-state index contributed by atoms with van der Waals surface area (Å²) in [5, 5.41) is 2.66. The van der Waals surface area contributed by atoms with Crippen LogP contribution in [-0.4, -0.2) is 18.5 Å². The molecule has 0 saturated carbocycles. The Morgan fingerprint density at radius 1 is 1.35 bits per heavy atom. The molecule has 0 aliphatic heterocycles. The average molecular weight is 338 g/mol. The minimum absolute atomic E-state index is 0.320. The SMILES string of the molecule is C/C=C/C=C/C(=O)OCC(=O)Nc1ccc(C)cc1Br. The Labute approximate surface area is 126 Å². The summed E-state index contributed by atoms with van der Waals surface area (Å²) in [5.41, 5.74) is 1.72. The first-order chi connectivity index (χ1) is 9.52. The van der Waals surface area contributed by atoms with Crippen LogP contribution in [0.3, 0.4) is 0 Å². The van der Waals surface area contributed by atoms with Crippen LogP contribution in [0.5, 0.6) is 0 Å². The highest BCUT2D eigenvalue weighted by atomic mass is 79.9. The molecule has 0 aliphatic rings. The second-order valence-corrected chi connectivity index (χ2v) is 4.88. The zero-order valence-corrected chi connectivity index (χ0v) is 12.9. The second-order valence-electron chi connectivity index (χ2n) is 4.02. The first kappa shape index (κ1) is 16.2. The lowest BCUT2D eigenvalue weighted by atomic mass is 10.2. The van der Waals surface area contributed by atoms with Gasteiger partial charge in [-0.3, -0.25) is 4.79 Å². The first-order valence-electron chi connectivity index (χ1n) is 6.05. The zero-order valence-electron chi connectivity index (χ0n) is 11.4. The number of rotatable bonds is 5. The van der Waals surface area contributed by atoms with Crippen molar-refractivity contribution in [3.8, 4) is 0 Å². The quantitative estimate of drug-likeness (QED) is 0.509. The van der Waals surface area contributed by atoms with E-state index in [1.807, 2.05) is 26.0 Å². The molecule has 1 amide bonds. The highest BCUT2D eigenvalue weighted by Crippen LogP contribution is 2.23. The number of amides is 1. The molecule has 1 rings (SSSR count). The van der Waals surface area contributed by atoms with E-state index in [-0.39, 0.29) is 12.5 Å². The van der Waals surface area contributed by atoms with Gasteiger partial charge in [-0.15, -0.1) is 0 Å². The number of carbonyl (C=O) groups is 2. The van der Waals surface area contributed by atoms with Crippen LogP contribution in [0, 0.1) is 6.92 Å². The number of nitrogens with one attached hydrogen (secondary N) is 1. The van der Waals surface area contributed by atoms with Crippen LogP contribution in [0.4, 0.5) is 5.69 Å².